The molecule has 1 aliphatic rings. The van der Waals surface area contributed by atoms with Crippen LogP contribution >= 0.6 is 0 Å². The molecule has 0 aromatic heterocycles. The number of anilines is 1. The molecule has 128 valence electrons. The van der Waals surface area contributed by atoms with Crippen LogP contribution in [-0.4, -0.2) is 29.4 Å². The van der Waals surface area contributed by atoms with E-state index in [1.165, 1.54) is 0 Å². The fraction of sp³-hybridized carbons (Fsp3) is 0.611. The van der Waals surface area contributed by atoms with Gasteiger partial charge < -0.3 is 20.5 Å². The summed E-state index contributed by atoms with van der Waals surface area (Å²) in [6.45, 7) is 6.17. The molecule has 5 nitrogen and oxygen atoms in total. The van der Waals surface area contributed by atoms with Crippen LogP contribution in [0.2, 0.25) is 0 Å². The molecule has 1 saturated carbocycles. The van der Waals surface area contributed by atoms with E-state index in [0.717, 1.165) is 25.7 Å². The van der Waals surface area contributed by atoms with E-state index in [-0.39, 0.29) is 24.3 Å². The first-order valence-electron chi connectivity index (χ1n) is 8.34. The first-order chi connectivity index (χ1) is 10.9. The van der Waals surface area contributed by atoms with Gasteiger partial charge in [-0.3, -0.25) is 0 Å². The van der Waals surface area contributed by atoms with Crippen LogP contribution in [0.25, 0.3) is 0 Å². The number of aliphatic hydroxyl groups excluding tert-OH is 1. The minimum atomic E-state index is -0.322. The van der Waals surface area contributed by atoms with Gasteiger partial charge in [0, 0.05) is 12.6 Å². The molecule has 0 spiro atoms. The molecule has 0 radical (unpaired) electrons. The van der Waals surface area contributed by atoms with Crippen LogP contribution in [0, 0.1) is 5.92 Å². The van der Waals surface area contributed by atoms with Gasteiger partial charge in [0.15, 0.2) is 0 Å². The average Bonchev–Trinajstić information content (AvgIpc) is 2.48. The number of aliphatic hydroxyl groups is 1. The van der Waals surface area contributed by atoms with E-state index in [1.807, 2.05) is 45.0 Å². The molecule has 0 aliphatic heterocycles. The van der Waals surface area contributed by atoms with E-state index in [1.54, 1.807) is 0 Å². The lowest BCUT2D eigenvalue weighted by molar-refractivity contribution is 0.132. The normalized spacial score (nSPS) is 21.6. The highest BCUT2D eigenvalue weighted by Gasteiger charge is 2.22. The molecule has 2 amide bonds. The van der Waals surface area contributed by atoms with Crippen molar-refractivity contribution in [1.29, 1.82) is 0 Å². The summed E-state index contributed by atoms with van der Waals surface area (Å²) in [6, 6.07) is 7.42. The van der Waals surface area contributed by atoms with Gasteiger partial charge in [-0.25, -0.2) is 4.79 Å². The molecular formula is C18H28N2O3. The van der Waals surface area contributed by atoms with Gasteiger partial charge in [-0.2, -0.15) is 0 Å². The number of hydrogen-bond donors (Lipinski definition) is 3. The van der Waals surface area contributed by atoms with E-state index >= 15 is 0 Å². The number of rotatable bonds is 4. The zero-order valence-corrected chi connectivity index (χ0v) is 14.3. The number of benzene rings is 1. The predicted molar refractivity (Wildman–Crippen MR) is 91.8 cm³/mol. The summed E-state index contributed by atoms with van der Waals surface area (Å²) in [5, 5.41) is 15.1. The van der Waals surface area contributed by atoms with Crippen molar-refractivity contribution in [2.75, 3.05) is 11.9 Å². The first-order valence-corrected chi connectivity index (χ1v) is 8.34. The van der Waals surface area contributed by atoms with Crippen molar-refractivity contribution in [3.8, 4) is 5.75 Å². The SMILES string of the molecule is CC(C)(C)Oc1ccccc1NC(=O)NC1CCC(CO)CC1. The molecule has 0 unspecified atom stereocenters. The minimum absolute atomic E-state index is 0.175. The van der Waals surface area contributed by atoms with Crippen LogP contribution in [0.5, 0.6) is 5.75 Å². The average molecular weight is 320 g/mol. The fourth-order valence-corrected chi connectivity index (χ4v) is 2.82. The molecule has 0 heterocycles. The maximum atomic E-state index is 12.2. The van der Waals surface area contributed by atoms with Crippen molar-refractivity contribution in [2.24, 2.45) is 5.92 Å². The van der Waals surface area contributed by atoms with E-state index in [0.29, 0.717) is 17.4 Å². The Labute approximate surface area is 138 Å². The number of nitrogens with one attached hydrogen (secondary N) is 2. The monoisotopic (exact) mass is 320 g/mol. The van der Waals surface area contributed by atoms with Gasteiger partial charge in [-0.15, -0.1) is 0 Å². The van der Waals surface area contributed by atoms with Gasteiger partial charge >= 0.3 is 6.03 Å². The standard InChI is InChI=1S/C18H28N2O3/c1-18(2,3)23-16-7-5-4-6-15(16)20-17(22)19-14-10-8-13(12-21)9-11-14/h4-7,13-14,21H,8-12H2,1-3H3,(H2,19,20,22). The lowest BCUT2D eigenvalue weighted by Crippen LogP contribution is -2.40. The number of carbonyl (C=O) groups is 1. The van der Waals surface area contributed by atoms with Crippen molar-refractivity contribution < 1.29 is 14.6 Å². The van der Waals surface area contributed by atoms with Crippen molar-refractivity contribution in [3.63, 3.8) is 0 Å². The van der Waals surface area contributed by atoms with Gasteiger partial charge in [0.1, 0.15) is 11.4 Å². The highest BCUT2D eigenvalue weighted by atomic mass is 16.5. The van der Waals surface area contributed by atoms with Crippen molar-refractivity contribution >= 4 is 11.7 Å². The molecule has 0 atom stereocenters. The molecule has 1 aromatic rings. The van der Waals surface area contributed by atoms with Gasteiger partial charge in [0.05, 0.1) is 5.69 Å². The molecule has 23 heavy (non-hydrogen) atoms. The third-order valence-corrected chi connectivity index (χ3v) is 3.99. The summed E-state index contributed by atoms with van der Waals surface area (Å²) in [5.41, 5.74) is 0.348. The van der Waals surface area contributed by atoms with Crippen LogP contribution < -0.4 is 15.4 Å². The van der Waals surface area contributed by atoms with Gasteiger partial charge in [0.25, 0.3) is 0 Å². The Hall–Kier alpha value is -1.75. The minimum Gasteiger partial charge on any atom is -0.486 e. The molecule has 1 aliphatic carbocycles. The van der Waals surface area contributed by atoms with E-state index in [4.69, 9.17) is 9.84 Å². The number of amides is 2. The highest BCUT2D eigenvalue weighted by molar-refractivity contribution is 5.91. The third kappa shape index (κ3) is 5.75. The Bertz CT molecular complexity index is 517. The summed E-state index contributed by atoms with van der Waals surface area (Å²) < 4.78 is 5.88. The zero-order chi connectivity index (χ0) is 16.9. The highest BCUT2D eigenvalue weighted by Crippen LogP contribution is 2.28. The predicted octanol–water partition coefficient (Wildman–Crippen LogP) is 3.54. The fourth-order valence-electron chi connectivity index (χ4n) is 2.82. The number of carbonyl (C=O) groups excluding carboxylic acids is 1. The van der Waals surface area contributed by atoms with Crippen molar-refractivity contribution in [1.82, 2.24) is 5.32 Å². The molecular weight excluding hydrogens is 292 g/mol. The lowest BCUT2D eigenvalue weighted by atomic mass is 9.87. The maximum absolute atomic E-state index is 12.2. The number of hydrogen-bond acceptors (Lipinski definition) is 3. The van der Waals surface area contributed by atoms with E-state index in [2.05, 4.69) is 10.6 Å². The second-order valence-corrected chi connectivity index (χ2v) is 7.21. The van der Waals surface area contributed by atoms with Crippen molar-refractivity contribution in [3.05, 3.63) is 24.3 Å². The topological polar surface area (TPSA) is 70.6 Å². The third-order valence-electron chi connectivity index (χ3n) is 3.99. The Balaban J connectivity index is 1.91. The van der Waals surface area contributed by atoms with Gasteiger partial charge in [-0.1, -0.05) is 12.1 Å². The Kier molecular flexibility index (Phi) is 5.88. The van der Waals surface area contributed by atoms with Gasteiger partial charge in [-0.05, 0) is 64.5 Å². The number of ether oxygens (including phenoxy) is 1. The van der Waals surface area contributed by atoms with Crippen LogP contribution in [0.3, 0.4) is 0 Å². The molecule has 1 aromatic carbocycles. The smallest absolute Gasteiger partial charge is 0.319 e. The van der Waals surface area contributed by atoms with Crippen LogP contribution in [-0.2, 0) is 0 Å². The molecule has 0 saturated heterocycles. The Morgan fingerprint density at radius 1 is 1.22 bits per heavy atom. The summed E-state index contributed by atoms with van der Waals surface area (Å²) in [7, 11) is 0. The second kappa shape index (κ2) is 7.68. The maximum Gasteiger partial charge on any atom is 0.319 e. The van der Waals surface area contributed by atoms with Crippen LogP contribution in [0.4, 0.5) is 10.5 Å². The number of para-hydroxylation sites is 2. The van der Waals surface area contributed by atoms with E-state index < -0.39 is 0 Å². The van der Waals surface area contributed by atoms with E-state index in [9.17, 15) is 4.79 Å². The largest absolute Gasteiger partial charge is 0.486 e. The summed E-state index contributed by atoms with van der Waals surface area (Å²) in [6.07, 6.45) is 3.76. The summed E-state index contributed by atoms with van der Waals surface area (Å²) >= 11 is 0. The van der Waals surface area contributed by atoms with Crippen LogP contribution in [0.1, 0.15) is 46.5 Å². The molecule has 0 bridgehead atoms. The Morgan fingerprint density at radius 3 is 2.48 bits per heavy atom. The second-order valence-electron chi connectivity index (χ2n) is 7.21. The number of urea groups is 1. The molecule has 3 N–H and O–H groups in total. The van der Waals surface area contributed by atoms with Crippen LogP contribution in [0.15, 0.2) is 24.3 Å². The Morgan fingerprint density at radius 2 is 1.87 bits per heavy atom. The lowest BCUT2D eigenvalue weighted by Gasteiger charge is -2.28. The molecule has 1 fully saturated rings. The summed E-state index contributed by atoms with van der Waals surface area (Å²) in [5.74, 6) is 1.05. The molecule has 2 rings (SSSR count). The van der Waals surface area contributed by atoms with Gasteiger partial charge in [0.2, 0.25) is 0 Å². The first kappa shape index (κ1) is 17.6. The van der Waals surface area contributed by atoms with Crippen molar-refractivity contribution in [2.45, 2.75) is 58.1 Å². The quantitative estimate of drug-likeness (QED) is 0.794. The summed E-state index contributed by atoms with van der Waals surface area (Å²) in [4.78, 5) is 12.2. The molecule has 5 heteroatoms. The zero-order valence-electron chi connectivity index (χ0n) is 14.3.